The topological polar surface area (TPSA) is 80.9 Å². The second kappa shape index (κ2) is 7.37. The number of H-pyrrole nitrogens is 1. The molecule has 0 radical (unpaired) electrons. The minimum Gasteiger partial charge on any atom is -0.322 e. The van der Waals surface area contributed by atoms with Crippen molar-refractivity contribution in [2.75, 3.05) is 13.1 Å². The molecule has 1 aliphatic rings. The number of nitrogens with one attached hydrogen (secondary N) is 2. The van der Waals surface area contributed by atoms with Gasteiger partial charge in [0.1, 0.15) is 0 Å². The third kappa shape index (κ3) is 3.59. The first-order valence-corrected chi connectivity index (χ1v) is 10.5. The first kappa shape index (κ1) is 19.8. The molecule has 1 aliphatic heterocycles. The van der Waals surface area contributed by atoms with E-state index < -0.39 is 0 Å². The molecule has 1 aromatic carbocycles. The van der Waals surface area contributed by atoms with Gasteiger partial charge in [-0.3, -0.25) is 4.79 Å². The molecule has 29 heavy (non-hydrogen) atoms. The lowest BCUT2D eigenvalue weighted by atomic mass is 9.98. The first-order chi connectivity index (χ1) is 13.8. The molecule has 1 atom stereocenters. The molecule has 1 fully saturated rings. The van der Waals surface area contributed by atoms with Crippen molar-refractivity contribution in [2.24, 2.45) is 0 Å². The van der Waals surface area contributed by atoms with Crippen molar-refractivity contribution >= 4 is 10.9 Å². The summed E-state index contributed by atoms with van der Waals surface area (Å²) in [6.45, 7) is 12.4. The third-order valence-corrected chi connectivity index (χ3v) is 6.18. The standard InChI is InChI=1S/C22H30N6O/c1-14-9-10-16-13-17(21(29)23-18(16)15(14)2)19(27-11-7-6-8-12-27)20-24-25-26-28(20)22(3,4)5/h9-10,13,19H,6-8,11-12H2,1-5H3,(H,23,29)/p+1/t19-/m0/s1. The zero-order valence-corrected chi connectivity index (χ0v) is 18.0. The smallest absolute Gasteiger partial charge is 0.258 e. The molecule has 0 amide bonds. The summed E-state index contributed by atoms with van der Waals surface area (Å²) in [7, 11) is 0. The Labute approximate surface area is 171 Å². The van der Waals surface area contributed by atoms with E-state index >= 15 is 0 Å². The Hall–Kier alpha value is -2.54. The number of benzene rings is 1. The van der Waals surface area contributed by atoms with E-state index in [9.17, 15) is 4.79 Å². The predicted octanol–water partition coefficient (Wildman–Crippen LogP) is 2.04. The van der Waals surface area contributed by atoms with E-state index in [1.54, 1.807) is 0 Å². The van der Waals surface area contributed by atoms with Crippen molar-refractivity contribution in [3.05, 3.63) is 51.1 Å². The number of likely N-dealkylation sites (tertiary alicyclic amines) is 1. The molecule has 0 spiro atoms. The zero-order valence-electron chi connectivity index (χ0n) is 18.0. The van der Waals surface area contributed by atoms with Crippen LogP contribution in [0.15, 0.2) is 23.0 Å². The van der Waals surface area contributed by atoms with Crippen LogP contribution in [0.2, 0.25) is 0 Å². The Bertz CT molecular complexity index is 1080. The number of aromatic nitrogens is 5. The van der Waals surface area contributed by atoms with E-state index in [1.807, 2.05) is 4.68 Å². The number of fused-ring (bicyclic) bond motifs is 1. The first-order valence-electron chi connectivity index (χ1n) is 10.5. The van der Waals surface area contributed by atoms with Gasteiger partial charge in [0, 0.05) is 0 Å². The quantitative estimate of drug-likeness (QED) is 0.711. The van der Waals surface area contributed by atoms with Crippen LogP contribution in [-0.4, -0.2) is 38.3 Å². The van der Waals surface area contributed by atoms with E-state index in [0.29, 0.717) is 0 Å². The molecular weight excluding hydrogens is 364 g/mol. The van der Waals surface area contributed by atoms with Gasteiger partial charge in [0.2, 0.25) is 5.82 Å². The second-order valence-corrected chi connectivity index (χ2v) is 9.30. The van der Waals surface area contributed by atoms with Crippen LogP contribution in [0.5, 0.6) is 0 Å². The number of pyridine rings is 1. The Kier molecular flexibility index (Phi) is 5.02. The van der Waals surface area contributed by atoms with Crippen LogP contribution < -0.4 is 10.5 Å². The summed E-state index contributed by atoms with van der Waals surface area (Å²) in [6.07, 6.45) is 3.56. The molecule has 0 bridgehead atoms. The van der Waals surface area contributed by atoms with E-state index in [1.165, 1.54) is 16.9 Å². The highest BCUT2D eigenvalue weighted by Crippen LogP contribution is 2.24. The number of aromatic amines is 1. The largest absolute Gasteiger partial charge is 0.322 e. The number of nitrogens with zero attached hydrogens (tertiary/aromatic N) is 4. The van der Waals surface area contributed by atoms with Crippen molar-refractivity contribution < 1.29 is 4.90 Å². The summed E-state index contributed by atoms with van der Waals surface area (Å²) in [4.78, 5) is 17.8. The van der Waals surface area contributed by atoms with E-state index in [0.717, 1.165) is 53.8 Å². The molecule has 154 valence electrons. The highest BCUT2D eigenvalue weighted by atomic mass is 16.1. The van der Waals surface area contributed by atoms with Gasteiger partial charge in [-0.1, -0.05) is 12.1 Å². The number of rotatable bonds is 3. The van der Waals surface area contributed by atoms with Gasteiger partial charge in [-0.15, -0.1) is 5.10 Å². The molecule has 2 N–H and O–H groups in total. The number of aryl methyl sites for hydroxylation is 2. The maximum atomic E-state index is 13.3. The van der Waals surface area contributed by atoms with E-state index in [2.05, 4.69) is 73.3 Å². The van der Waals surface area contributed by atoms with E-state index in [4.69, 9.17) is 0 Å². The summed E-state index contributed by atoms with van der Waals surface area (Å²) in [5.41, 5.74) is 3.66. The maximum Gasteiger partial charge on any atom is 0.258 e. The number of piperidine rings is 1. The molecule has 3 heterocycles. The van der Waals surface area contributed by atoms with Crippen LogP contribution in [-0.2, 0) is 5.54 Å². The van der Waals surface area contributed by atoms with Gasteiger partial charge in [-0.05, 0) is 86.9 Å². The minimum atomic E-state index is -0.260. The highest BCUT2D eigenvalue weighted by molar-refractivity contribution is 5.83. The minimum absolute atomic E-state index is 0.0438. The average molecular weight is 396 g/mol. The normalized spacial score (nSPS) is 17.0. The highest BCUT2D eigenvalue weighted by Gasteiger charge is 2.37. The van der Waals surface area contributed by atoms with E-state index in [-0.39, 0.29) is 17.1 Å². The SMILES string of the molecule is Cc1ccc2cc([C@@H](c3nnnn3C(C)(C)C)[NH+]3CCCCC3)c(=O)[nH]c2c1C. The van der Waals surface area contributed by atoms with Crippen LogP contribution in [0.4, 0.5) is 0 Å². The zero-order chi connectivity index (χ0) is 20.8. The van der Waals surface area contributed by atoms with Crippen LogP contribution >= 0.6 is 0 Å². The summed E-state index contributed by atoms with van der Waals surface area (Å²) in [5.74, 6) is 0.767. The van der Waals surface area contributed by atoms with Gasteiger partial charge < -0.3 is 9.88 Å². The molecule has 7 heteroatoms. The fraction of sp³-hybridized carbons (Fsp3) is 0.545. The molecule has 2 aromatic heterocycles. The molecular formula is C22H31N6O+. The number of tetrazole rings is 1. The average Bonchev–Trinajstić information content (AvgIpc) is 3.17. The molecule has 0 aliphatic carbocycles. The Morgan fingerprint density at radius 1 is 1.14 bits per heavy atom. The molecule has 7 nitrogen and oxygen atoms in total. The Morgan fingerprint density at radius 3 is 2.55 bits per heavy atom. The Balaban J connectivity index is 1.93. The van der Waals surface area contributed by atoms with Gasteiger partial charge in [0.15, 0.2) is 6.04 Å². The van der Waals surface area contributed by atoms with Crippen molar-refractivity contribution in [3.63, 3.8) is 0 Å². The summed E-state index contributed by atoms with van der Waals surface area (Å²) < 4.78 is 1.88. The number of hydrogen-bond acceptors (Lipinski definition) is 4. The molecule has 1 saturated heterocycles. The fourth-order valence-corrected chi connectivity index (χ4v) is 4.44. The van der Waals surface area contributed by atoms with Crippen molar-refractivity contribution in [1.29, 1.82) is 0 Å². The van der Waals surface area contributed by atoms with Gasteiger partial charge >= 0.3 is 0 Å². The lowest BCUT2D eigenvalue weighted by Crippen LogP contribution is -3.13. The molecule has 3 aromatic rings. The van der Waals surface area contributed by atoms with Crippen LogP contribution in [0.25, 0.3) is 10.9 Å². The van der Waals surface area contributed by atoms with Crippen molar-refractivity contribution in [1.82, 2.24) is 25.2 Å². The van der Waals surface area contributed by atoms with Gasteiger partial charge in [0.05, 0.1) is 29.7 Å². The second-order valence-electron chi connectivity index (χ2n) is 9.30. The summed E-state index contributed by atoms with van der Waals surface area (Å²) in [6, 6.07) is 6.07. The van der Waals surface area contributed by atoms with Gasteiger partial charge in [-0.2, -0.15) is 0 Å². The van der Waals surface area contributed by atoms with Crippen LogP contribution in [0, 0.1) is 13.8 Å². The van der Waals surface area contributed by atoms with Crippen LogP contribution in [0.1, 0.15) is 68.6 Å². The number of hydrogen-bond donors (Lipinski definition) is 2. The molecule has 0 unspecified atom stereocenters. The van der Waals surface area contributed by atoms with Gasteiger partial charge in [0.25, 0.3) is 5.56 Å². The predicted molar refractivity (Wildman–Crippen MR) is 113 cm³/mol. The van der Waals surface area contributed by atoms with Crippen molar-refractivity contribution in [3.8, 4) is 0 Å². The molecule has 4 rings (SSSR count). The fourth-order valence-electron chi connectivity index (χ4n) is 4.44. The summed E-state index contributed by atoms with van der Waals surface area (Å²) >= 11 is 0. The third-order valence-electron chi connectivity index (χ3n) is 6.18. The molecule has 0 saturated carbocycles. The Morgan fingerprint density at radius 2 is 1.86 bits per heavy atom. The summed E-state index contributed by atoms with van der Waals surface area (Å²) in [5, 5.41) is 13.7. The maximum absolute atomic E-state index is 13.3. The number of quaternary nitrogens is 1. The monoisotopic (exact) mass is 395 g/mol. The van der Waals surface area contributed by atoms with Crippen LogP contribution in [0.3, 0.4) is 0 Å². The van der Waals surface area contributed by atoms with Crippen molar-refractivity contribution in [2.45, 2.75) is 65.5 Å². The lowest BCUT2D eigenvalue weighted by molar-refractivity contribution is -0.931. The van der Waals surface area contributed by atoms with Gasteiger partial charge in [-0.25, -0.2) is 4.68 Å². The lowest BCUT2D eigenvalue weighted by Gasteiger charge is -2.32.